The molecule has 1 aliphatic rings. The van der Waals surface area contributed by atoms with Crippen molar-refractivity contribution in [3.8, 4) is 6.07 Å². The molecule has 3 rings (SSSR count). The average molecular weight is 391 g/mol. The monoisotopic (exact) mass is 391 g/mol. The number of hydrogen-bond donors (Lipinski definition) is 1. The fourth-order valence-corrected chi connectivity index (χ4v) is 4.73. The zero-order valence-corrected chi connectivity index (χ0v) is 15.9. The Bertz CT molecular complexity index is 992. The molecule has 1 N–H and O–H groups in total. The molecule has 0 unspecified atom stereocenters. The van der Waals surface area contributed by atoms with Crippen molar-refractivity contribution in [3.63, 3.8) is 0 Å². The first-order chi connectivity index (χ1) is 12.3. The number of benzene rings is 1. The first kappa shape index (κ1) is 18.5. The van der Waals surface area contributed by atoms with Crippen LogP contribution in [0.2, 0.25) is 0 Å². The number of carbonyl (C=O) groups is 1. The lowest BCUT2D eigenvalue weighted by atomic mass is 10.1. The maximum absolute atomic E-state index is 12.3. The minimum absolute atomic E-state index is 0.243. The molecule has 0 fully saturated rings. The van der Waals surface area contributed by atoms with Gasteiger partial charge in [0.2, 0.25) is 0 Å². The van der Waals surface area contributed by atoms with Crippen LogP contribution < -0.4 is 5.32 Å². The largest absolute Gasteiger partial charge is 0.298 e. The summed E-state index contributed by atoms with van der Waals surface area (Å²) in [5.41, 5.74) is 1.58. The summed E-state index contributed by atoms with van der Waals surface area (Å²) in [5.74, 6) is -0.356. The second-order valence-corrected chi connectivity index (χ2v) is 9.14. The summed E-state index contributed by atoms with van der Waals surface area (Å²) < 4.78 is 27.1. The van der Waals surface area contributed by atoms with Crippen LogP contribution in [0.15, 0.2) is 24.3 Å². The van der Waals surface area contributed by atoms with E-state index in [0.29, 0.717) is 29.2 Å². The lowest BCUT2D eigenvalue weighted by Gasteiger charge is -2.27. The fourth-order valence-electron chi connectivity index (χ4n) is 2.55. The Morgan fingerprint density at radius 1 is 1.42 bits per heavy atom. The molecule has 136 valence electrons. The molecule has 0 bridgehead atoms. The molecular formula is C16H17N5O3S2. The number of nitrogens with one attached hydrogen (secondary N) is 1. The Hall–Kier alpha value is -2.32. The Labute approximate surface area is 155 Å². The van der Waals surface area contributed by atoms with E-state index < -0.39 is 10.2 Å². The summed E-state index contributed by atoms with van der Waals surface area (Å²) in [7, 11) is -0.482. The van der Waals surface area contributed by atoms with E-state index in [1.807, 2.05) is 6.07 Å². The van der Waals surface area contributed by atoms with Crippen molar-refractivity contribution in [2.45, 2.75) is 13.0 Å². The Kier molecular flexibility index (Phi) is 5.06. The molecule has 1 aromatic heterocycles. The molecule has 0 saturated carbocycles. The van der Waals surface area contributed by atoms with Crippen molar-refractivity contribution in [2.75, 3.05) is 26.0 Å². The minimum Gasteiger partial charge on any atom is -0.298 e. The van der Waals surface area contributed by atoms with E-state index >= 15 is 0 Å². The van der Waals surface area contributed by atoms with Crippen LogP contribution in [0.5, 0.6) is 0 Å². The third kappa shape index (κ3) is 3.61. The summed E-state index contributed by atoms with van der Waals surface area (Å²) in [5, 5.41) is 12.1. The van der Waals surface area contributed by atoms with E-state index in [-0.39, 0.29) is 12.5 Å². The second kappa shape index (κ2) is 7.13. The molecule has 1 aliphatic heterocycles. The van der Waals surface area contributed by atoms with Gasteiger partial charge in [-0.05, 0) is 18.2 Å². The van der Waals surface area contributed by atoms with Gasteiger partial charge in [0.1, 0.15) is 0 Å². The van der Waals surface area contributed by atoms with Crippen molar-refractivity contribution in [1.29, 1.82) is 5.26 Å². The first-order valence-electron chi connectivity index (χ1n) is 7.79. The zero-order valence-electron chi connectivity index (χ0n) is 14.3. The lowest BCUT2D eigenvalue weighted by molar-refractivity contribution is 0.102. The van der Waals surface area contributed by atoms with Gasteiger partial charge in [-0.3, -0.25) is 10.1 Å². The van der Waals surface area contributed by atoms with Crippen molar-refractivity contribution < 1.29 is 13.2 Å². The quantitative estimate of drug-likeness (QED) is 0.849. The lowest BCUT2D eigenvalue weighted by Crippen LogP contribution is -2.42. The van der Waals surface area contributed by atoms with Crippen molar-refractivity contribution in [1.82, 2.24) is 13.6 Å². The van der Waals surface area contributed by atoms with E-state index in [1.54, 1.807) is 18.2 Å². The number of carbonyl (C=O) groups excluding carboxylic acids is 1. The second-order valence-electron chi connectivity index (χ2n) is 5.91. The highest BCUT2D eigenvalue weighted by Crippen LogP contribution is 2.30. The summed E-state index contributed by atoms with van der Waals surface area (Å²) in [4.78, 5) is 17.6. The van der Waals surface area contributed by atoms with Gasteiger partial charge in [-0.25, -0.2) is 4.98 Å². The third-order valence-electron chi connectivity index (χ3n) is 3.96. The van der Waals surface area contributed by atoms with Crippen LogP contribution in [0.25, 0.3) is 0 Å². The van der Waals surface area contributed by atoms with Crippen LogP contribution in [0.4, 0.5) is 5.13 Å². The summed E-state index contributed by atoms with van der Waals surface area (Å²) in [6.07, 6.45) is 0.499. The molecule has 1 amide bonds. The number of hydrogen-bond acceptors (Lipinski definition) is 6. The molecule has 0 radical (unpaired) electrons. The van der Waals surface area contributed by atoms with Gasteiger partial charge in [0.05, 0.1) is 23.9 Å². The van der Waals surface area contributed by atoms with E-state index in [1.165, 1.54) is 40.1 Å². The summed E-state index contributed by atoms with van der Waals surface area (Å²) in [6.45, 7) is 0.599. The third-order valence-corrected chi connectivity index (χ3v) is 6.84. The van der Waals surface area contributed by atoms with Gasteiger partial charge < -0.3 is 0 Å². The highest BCUT2D eigenvalue weighted by atomic mass is 32.2. The van der Waals surface area contributed by atoms with Gasteiger partial charge in [-0.2, -0.15) is 22.3 Å². The molecule has 0 atom stereocenters. The van der Waals surface area contributed by atoms with E-state index in [4.69, 9.17) is 5.26 Å². The van der Waals surface area contributed by atoms with Crippen LogP contribution in [0.1, 0.15) is 26.5 Å². The molecule has 10 heteroatoms. The van der Waals surface area contributed by atoms with Gasteiger partial charge in [-0.1, -0.05) is 6.07 Å². The molecule has 8 nitrogen and oxygen atoms in total. The van der Waals surface area contributed by atoms with Crippen molar-refractivity contribution in [2.24, 2.45) is 0 Å². The topological polar surface area (TPSA) is 106 Å². The van der Waals surface area contributed by atoms with Gasteiger partial charge >= 0.3 is 0 Å². The normalized spacial score (nSPS) is 14.7. The highest BCUT2D eigenvalue weighted by molar-refractivity contribution is 7.86. The van der Waals surface area contributed by atoms with Gasteiger partial charge in [0, 0.05) is 37.5 Å². The number of fused-ring (bicyclic) bond motifs is 1. The number of rotatable bonds is 4. The van der Waals surface area contributed by atoms with Gasteiger partial charge in [-0.15, -0.1) is 11.3 Å². The molecule has 1 aromatic carbocycles. The average Bonchev–Trinajstić information content (AvgIpc) is 3.02. The maximum atomic E-state index is 12.3. The minimum atomic E-state index is -3.48. The number of anilines is 1. The zero-order chi connectivity index (χ0) is 18.9. The van der Waals surface area contributed by atoms with Crippen LogP contribution in [-0.4, -0.2) is 48.6 Å². The molecule has 26 heavy (non-hydrogen) atoms. The number of thiazole rings is 1. The smallest absolute Gasteiger partial charge is 0.281 e. The Morgan fingerprint density at radius 2 is 2.19 bits per heavy atom. The van der Waals surface area contributed by atoms with Crippen molar-refractivity contribution >= 4 is 32.6 Å². The first-order valence-corrected chi connectivity index (χ1v) is 10.0. The molecule has 0 aliphatic carbocycles. The summed E-state index contributed by atoms with van der Waals surface area (Å²) >= 11 is 1.27. The molecule has 0 saturated heterocycles. The van der Waals surface area contributed by atoms with Crippen LogP contribution in [-0.2, 0) is 23.2 Å². The summed E-state index contributed by atoms with van der Waals surface area (Å²) in [6, 6.07) is 8.39. The predicted octanol–water partition coefficient (Wildman–Crippen LogP) is 1.43. The van der Waals surface area contributed by atoms with Gasteiger partial charge in [0.25, 0.3) is 16.1 Å². The standard InChI is InChI=1S/C16H17N5O3S2/c1-20(2)26(23,24)21-7-6-13-14(10-21)25-16(18-13)19-15(22)12-5-3-4-11(8-12)9-17/h3-5,8H,6-7,10H2,1-2H3,(H,18,19,22). The Balaban J connectivity index is 1.76. The number of aromatic nitrogens is 1. The Morgan fingerprint density at radius 3 is 2.88 bits per heavy atom. The van der Waals surface area contributed by atoms with Crippen LogP contribution in [0, 0.1) is 11.3 Å². The maximum Gasteiger partial charge on any atom is 0.281 e. The number of amides is 1. The van der Waals surface area contributed by atoms with Crippen LogP contribution >= 0.6 is 11.3 Å². The molecular weight excluding hydrogens is 374 g/mol. The van der Waals surface area contributed by atoms with Gasteiger partial charge in [0.15, 0.2) is 5.13 Å². The number of nitriles is 1. The van der Waals surface area contributed by atoms with E-state index in [0.717, 1.165) is 10.6 Å². The fraction of sp³-hybridized carbons (Fsp3) is 0.312. The van der Waals surface area contributed by atoms with E-state index in [9.17, 15) is 13.2 Å². The van der Waals surface area contributed by atoms with Crippen molar-refractivity contribution in [3.05, 3.63) is 46.0 Å². The molecule has 2 heterocycles. The molecule has 2 aromatic rings. The SMILES string of the molecule is CN(C)S(=O)(=O)N1CCc2nc(NC(=O)c3cccc(C#N)c3)sc2C1. The number of nitrogens with zero attached hydrogens (tertiary/aromatic N) is 4. The predicted molar refractivity (Wildman–Crippen MR) is 97.9 cm³/mol. The van der Waals surface area contributed by atoms with E-state index in [2.05, 4.69) is 10.3 Å². The van der Waals surface area contributed by atoms with Crippen LogP contribution in [0.3, 0.4) is 0 Å². The highest BCUT2D eigenvalue weighted by Gasteiger charge is 2.30. The molecule has 0 spiro atoms.